The van der Waals surface area contributed by atoms with Crippen molar-refractivity contribution >= 4 is 45.7 Å². The van der Waals surface area contributed by atoms with E-state index in [4.69, 9.17) is 24.4 Å². The minimum atomic E-state index is -1.02. The number of ether oxygens (including phenoxy) is 3. The average Bonchev–Trinajstić information content (AvgIpc) is 3.00. The van der Waals surface area contributed by atoms with Crippen LogP contribution in [0.25, 0.3) is 0 Å². The summed E-state index contributed by atoms with van der Waals surface area (Å²) in [4.78, 5) is 51.9. The third kappa shape index (κ3) is 11.8. The summed E-state index contributed by atoms with van der Waals surface area (Å²) >= 11 is 3.34. The summed E-state index contributed by atoms with van der Waals surface area (Å²) in [6.07, 6.45) is -1.33. The molecule has 0 saturated heterocycles. The molecular weight excluding hydrogens is 662 g/mol. The van der Waals surface area contributed by atoms with Crippen LogP contribution in [0.3, 0.4) is 0 Å². The Balaban J connectivity index is 1.66. The fraction of sp³-hybridized carbons (Fsp3) is 0.333. The van der Waals surface area contributed by atoms with Crippen LogP contribution in [-0.2, 0) is 27.3 Å². The normalized spacial score (nSPS) is 11.6. The first-order valence-corrected chi connectivity index (χ1v) is 15.3. The number of benzene rings is 3. The van der Waals surface area contributed by atoms with E-state index in [1.807, 2.05) is 0 Å². The molecule has 246 valence electrons. The molecule has 46 heavy (non-hydrogen) atoms. The van der Waals surface area contributed by atoms with Crippen molar-refractivity contribution in [1.82, 2.24) is 10.2 Å². The van der Waals surface area contributed by atoms with Crippen LogP contribution < -0.4 is 15.4 Å². The van der Waals surface area contributed by atoms with Gasteiger partial charge in [0.15, 0.2) is 0 Å². The van der Waals surface area contributed by atoms with E-state index in [9.17, 15) is 19.2 Å². The van der Waals surface area contributed by atoms with Crippen molar-refractivity contribution in [3.05, 3.63) is 94.0 Å². The van der Waals surface area contributed by atoms with E-state index in [-0.39, 0.29) is 39.3 Å². The first-order valence-electron chi connectivity index (χ1n) is 14.5. The predicted molar refractivity (Wildman–Crippen MR) is 173 cm³/mol. The van der Waals surface area contributed by atoms with Gasteiger partial charge < -0.3 is 40.0 Å². The van der Waals surface area contributed by atoms with Crippen molar-refractivity contribution in [2.45, 2.75) is 45.4 Å². The van der Waals surface area contributed by atoms with Crippen LogP contribution in [-0.4, -0.2) is 77.1 Å². The van der Waals surface area contributed by atoms with Crippen LogP contribution in [0.15, 0.2) is 77.3 Å². The maximum atomic E-state index is 13.3. The predicted octanol–water partition coefficient (Wildman–Crippen LogP) is 4.67. The molecule has 0 saturated carbocycles. The van der Waals surface area contributed by atoms with Crippen molar-refractivity contribution in [1.29, 1.82) is 0 Å². The Morgan fingerprint density at radius 1 is 0.870 bits per heavy atom. The van der Waals surface area contributed by atoms with E-state index in [1.54, 1.807) is 93.6 Å². The van der Waals surface area contributed by atoms with Crippen molar-refractivity contribution in [2.75, 3.05) is 31.6 Å². The van der Waals surface area contributed by atoms with Gasteiger partial charge in [0.25, 0.3) is 0 Å². The molecular formula is C33H38BrN3O9. The summed E-state index contributed by atoms with van der Waals surface area (Å²) in [6.45, 7) is 4.63. The summed E-state index contributed by atoms with van der Waals surface area (Å²) in [6, 6.07) is 19.0. The Morgan fingerprint density at radius 3 is 2.07 bits per heavy atom. The summed E-state index contributed by atoms with van der Waals surface area (Å²) in [5.74, 6) is -0.720. The van der Waals surface area contributed by atoms with Gasteiger partial charge in [-0.05, 0) is 84.2 Å². The molecule has 0 aliphatic rings. The van der Waals surface area contributed by atoms with E-state index in [2.05, 4.69) is 26.6 Å². The maximum Gasteiger partial charge on any atom is 0.410 e. The zero-order valence-corrected chi connectivity index (χ0v) is 27.4. The number of alkyl carbamates (subject to hydrolysis) is 1. The second-order valence-corrected chi connectivity index (χ2v) is 11.9. The third-order valence-corrected chi connectivity index (χ3v) is 6.95. The highest BCUT2D eigenvalue weighted by Gasteiger charge is 2.25. The van der Waals surface area contributed by atoms with E-state index >= 15 is 0 Å². The van der Waals surface area contributed by atoms with E-state index in [1.165, 1.54) is 4.90 Å². The molecule has 3 aromatic carbocycles. The van der Waals surface area contributed by atoms with Crippen LogP contribution in [0, 0.1) is 0 Å². The van der Waals surface area contributed by atoms with E-state index in [0.717, 1.165) is 0 Å². The molecule has 13 heteroatoms. The first kappa shape index (κ1) is 36.0. The van der Waals surface area contributed by atoms with E-state index in [0.29, 0.717) is 32.6 Å². The number of amides is 3. The molecule has 3 rings (SSSR count). The molecule has 0 aliphatic heterocycles. The Labute approximate surface area is 275 Å². The topological polar surface area (TPSA) is 164 Å². The maximum absolute atomic E-state index is 13.3. The van der Waals surface area contributed by atoms with Gasteiger partial charge in [-0.2, -0.15) is 0 Å². The monoisotopic (exact) mass is 699 g/mol. The molecule has 3 aromatic rings. The molecule has 3 amide bonds. The number of anilines is 1. The molecule has 0 bridgehead atoms. The SMILES string of the molecule is CC(C)(C)OC(=O)N[C@@H](Cc1ccc(OC(=O)c2ccccc2Br)cc1)C(=O)Nc1ccc(COC(=O)N(CCO)CCO)cc1. The van der Waals surface area contributed by atoms with Gasteiger partial charge in [-0.3, -0.25) is 4.79 Å². The standard InChI is InChI=1S/C33H38BrN3O9/c1-33(2,3)46-31(42)36-28(20-22-10-14-25(15-11-22)45-30(41)26-6-4-5-7-27(26)34)29(40)35-24-12-8-23(9-13-24)21-44-32(43)37(16-18-38)17-19-39/h4-15,28,38-39H,16-21H2,1-3H3,(H,35,40)(H,36,42)/t28-/m0/s1. The summed E-state index contributed by atoms with van der Waals surface area (Å²) in [5, 5.41) is 23.6. The Kier molecular flexibility index (Phi) is 13.5. The molecule has 0 fully saturated rings. The van der Waals surface area contributed by atoms with Gasteiger partial charge in [0.1, 0.15) is 24.0 Å². The quantitative estimate of drug-likeness (QED) is 0.147. The van der Waals surface area contributed by atoms with Gasteiger partial charge in [-0.1, -0.05) is 36.4 Å². The van der Waals surface area contributed by atoms with Gasteiger partial charge in [0.05, 0.1) is 18.8 Å². The largest absolute Gasteiger partial charge is 0.445 e. The molecule has 0 radical (unpaired) electrons. The lowest BCUT2D eigenvalue weighted by Crippen LogP contribution is -2.47. The number of halogens is 1. The van der Waals surface area contributed by atoms with Crippen LogP contribution in [0.5, 0.6) is 5.75 Å². The van der Waals surface area contributed by atoms with Crippen LogP contribution >= 0.6 is 15.9 Å². The number of carbonyl (C=O) groups excluding carboxylic acids is 4. The van der Waals surface area contributed by atoms with Gasteiger partial charge in [-0.25, -0.2) is 14.4 Å². The number of rotatable bonds is 13. The van der Waals surface area contributed by atoms with Crippen LogP contribution in [0.1, 0.15) is 42.3 Å². The van der Waals surface area contributed by atoms with Gasteiger partial charge in [0.2, 0.25) is 5.91 Å². The van der Waals surface area contributed by atoms with Gasteiger partial charge in [-0.15, -0.1) is 0 Å². The highest BCUT2D eigenvalue weighted by molar-refractivity contribution is 9.10. The third-order valence-electron chi connectivity index (χ3n) is 6.26. The van der Waals surface area contributed by atoms with Crippen LogP contribution in [0.4, 0.5) is 15.3 Å². The summed E-state index contributed by atoms with van der Waals surface area (Å²) in [7, 11) is 0. The fourth-order valence-electron chi connectivity index (χ4n) is 4.06. The number of hydrogen-bond acceptors (Lipinski definition) is 9. The molecule has 0 aromatic heterocycles. The molecule has 0 spiro atoms. The Morgan fingerprint density at radius 2 is 1.48 bits per heavy atom. The molecule has 12 nitrogen and oxygen atoms in total. The van der Waals surface area contributed by atoms with Crippen molar-refractivity contribution < 1.29 is 43.6 Å². The fourth-order valence-corrected chi connectivity index (χ4v) is 4.51. The average molecular weight is 701 g/mol. The number of carbonyl (C=O) groups is 4. The molecule has 0 aliphatic carbocycles. The second kappa shape index (κ2) is 17.3. The minimum absolute atomic E-state index is 0.0346. The zero-order chi connectivity index (χ0) is 33.7. The van der Waals surface area contributed by atoms with Gasteiger partial charge >= 0.3 is 18.2 Å². The number of nitrogens with one attached hydrogen (secondary N) is 2. The minimum Gasteiger partial charge on any atom is -0.445 e. The highest BCUT2D eigenvalue weighted by Crippen LogP contribution is 2.21. The van der Waals surface area contributed by atoms with E-state index < -0.39 is 35.7 Å². The lowest BCUT2D eigenvalue weighted by Gasteiger charge is -2.23. The van der Waals surface area contributed by atoms with Crippen molar-refractivity contribution in [2.24, 2.45) is 0 Å². The zero-order valence-electron chi connectivity index (χ0n) is 25.8. The number of esters is 1. The number of aliphatic hydroxyl groups excluding tert-OH is 2. The lowest BCUT2D eigenvalue weighted by molar-refractivity contribution is -0.118. The van der Waals surface area contributed by atoms with Crippen molar-refractivity contribution in [3.8, 4) is 5.75 Å². The molecule has 0 heterocycles. The summed E-state index contributed by atoms with van der Waals surface area (Å²) < 4.78 is 16.7. The molecule has 0 unspecified atom stereocenters. The Bertz CT molecular complexity index is 1470. The molecule has 1 atom stereocenters. The smallest absolute Gasteiger partial charge is 0.410 e. The second-order valence-electron chi connectivity index (χ2n) is 11.1. The number of aliphatic hydroxyl groups is 2. The van der Waals surface area contributed by atoms with Crippen molar-refractivity contribution in [3.63, 3.8) is 0 Å². The molecule has 4 N–H and O–H groups in total. The highest BCUT2D eigenvalue weighted by atomic mass is 79.9. The van der Waals surface area contributed by atoms with Gasteiger partial charge in [0, 0.05) is 29.7 Å². The Hall–Kier alpha value is -4.46. The number of nitrogens with zero attached hydrogens (tertiary/aromatic N) is 1. The first-order chi connectivity index (χ1) is 21.9. The van der Waals surface area contributed by atoms with Crippen LogP contribution in [0.2, 0.25) is 0 Å². The lowest BCUT2D eigenvalue weighted by atomic mass is 10.0. The number of hydrogen-bond donors (Lipinski definition) is 4. The summed E-state index contributed by atoms with van der Waals surface area (Å²) in [5.41, 5.74) is 1.36.